The summed E-state index contributed by atoms with van der Waals surface area (Å²) in [4.78, 5) is 54.9. The smallest absolute Gasteiger partial charge is 0.331 e. The molecule has 1 amide bonds. The molecular weight excluding hydrogens is 487 g/mol. The number of para-hydroxylation sites is 1. The summed E-state index contributed by atoms with van der Waals surface area (Å²) in [6.45, 7) is 1.84. The quantitative estimate of drug-likeness (QED) is 0.450. The Morgan fingerprint density at radius 2 is 1.58 bits per heavy atom. The Bertz CT molecular complexity index is 1360. The number of likely N-dealkylation sites (tertiary alicyclic amines) is 1. The second-order valence-corrected chi connectivity index (χ2v) is 9.12. The molecule has 3 aromatic rings. The van der Waals surface area contributed by atoms with Crippen LogP contribution in [0.2, 0.25) is 0 Å². The van der Waals surface area contributed by atoms with Crippen molar-refractivity contribution in [3.8, 4) is 0 Å². The Kier molecular flexibility index (Phi) is 8.81. The Morgan fingerprint density at radius 1 is 0.944 bits per heavy atom. The first-order valence-electron chi connectivity index (χ1n) is 11.7. The van der Waals surface area contributed by atoms with Crippen LogP contribution in [-0.2, 0) is 17.9 Å². The van der Waals surface area contributed by atoms with Crippen molar-refractivity contribution >= 4 is 35.0 Å². The van der Waals surface area contributed by atoms with Gasteiger partial charge in [-0.05, 0) is 62.3 Å². The van der Waals surface area contributed by atoms with E-state index >= 15 is 0 Å². The molecule has 1 aliphatic rings. The first-order valence-corrected chi connectivity index (χ1v) is 11.7. The van der Waals surface area contributed by atoms with Gasteiger partial charge in [0.2, 0.25) is 5.91 Å². The van der Waals surface area contributed by atoms with Crippen molar-refractivity contribution in [2.24, 2.45) is 5.92 Å². The molecule has 0 atom stereocenters. The number of hydrogen-bond acceptors (Lipinski definition) is 5. The number of rotatable bonds is 7. The maximum Gasteiger partial charge on any atom is 0.331 e. The second-order valence-electron chi connectivity index (χ2n) is 9.12. The van der Waals surface area contributed by atoms with Crippen LogP contribution in [-0.4, -0.2) is 64.4 Å². The zero-order chi connectivity index (χ0) is 25.1. The van der Waals surface area contributed by atoms with Gasteiger partial charge in [-0.3, -0.25) is 23.5 Å². The molecule has 2 heterocycles. The topological polar surface area (TPSA) is 84.6 Å². The van der Waals surface area contributed by atoms with Gasteiger partial charge in [0.05, 0.1) is 10.9 Å². The Balaban J connectivity index is 0.00000361. The van der Waals surface area contributed by atoms with E-state index in [0.29, 0.717) is 48.9 Å². The van der Waals surface area contributed by atoms with Crippen LogP contribution >= 0.6 is 12.4 Å². The molecule has 36 heavy (non-hydrogen) atoms. The highest BCUT2D eigenvalue weighted by molar-refractivity contribution is 5.97. The summed E-state index contributed by atoms with van der Waals surface area (Å²) in [5.74, 6) is -0.723. The molecule has 2 aromatic carbocycles. The summed E-state index contributed by atoms with van der Waals surface area (Å²) < 4.78 is 15.7. The number of likely N-dealkylation sites (N-methyl/N-ethyl adjacent to an activating group) is 1. The lowest BCUT2D eigenvalue weighted by atomic mass is 9.89. The number of benzene rings is 2. The number of fused-ring (bicyclic) bond motifs is 1. The second kappa shape index (κ2) is 11.6. The molecular formula is C26H30ClFN4O4. The van der Waals surface area contributed by atoms with Crippen LogP contribution in [0, 0.1) is 11.7 Å². The van der Waals surface area contributed by atoms with Crippen molar-refractivity contribution in [2.75, 3.05) is 33.7 Å². The lowest BCUT2D eigenvalue weighted by Crippen LogP contribution is -2.45. The fraction of sp³-hybridized carbons (Fsp3) is 0.385. The highest BCUT2D eigenvalue weighted by Crippen LogP contribution is 2.22. The number of amides is 1. The molecule has 0 spiro atoms. The van der Waals surface area contributed by atoms with E-state index < -0.39 is 5.69 Å². The SMILES string of the molecule is CN(C)C(=O)Cn1c(=O)n(CCN2CCC(C(=O)c3ccc(F)cc3)CC2)c(=O)c2ccccc21.Cl. The van der Waals surface area contributed by atoms with Crippen LogP contribution < -0.4 is 11.2 Å². The molecule has 0 bridgehead atoms. The maximum atomic E-state index is 13.2. The average molecular weight is 517 g/mol. The van der Waals surface area contributed by atoms with Gasteiger partial charge >= 0.3 is 5.69 Å². The molecule has 10 heteroatoms. The van der Waals surface area contributed by atoms with E-state index in [1.54, 1.807) is 38.4 Å². The standard InChI is InChI=1S/C26H29FN4O4.ClH/c1-28(2)23(32)17-31-22-6-4-3-5-21(22)25(34)30(26(31)35)16-15-29-13-11-19(12-14-29)24(33)18-7-9-20(27)10-8-18;/h3-10,19H,11-17H2,1-2H3;1H. The number of aromatic nitrogens is 2. The van der Waals surface area contributed by atoms with E-state index in [4.69, 9.17) is 0 Å². The number of halogens is 2. The predicted molar refractivity (Wildman–Crippen MR) is 138 cm³/mol. The van der Waals surface area contributed by atoms with E-state index in [9.17, 15) is 23.6 Å². The first-order chi connectivity index (χ1) is 16.8. The number of nitrogens with zero attached hydrogens (tertiary/aromatic N) is 4. The van der Waals surface area contributed by atoms with Crippen molar-refractivity contribution in [1.82, 2.24) is 18.9 Å². The van der Waals surface area contributed by atoms with Crippen LogP contribution in [0.3, 0.4) is 0 Å². The molecule has 192 valence electrons. The van der Waals surface area contributed by atoms with E-state index in [1.807, 2.05) is 0 Å². The minimum Gasteiger partial charge on any atom is -0.347 e. The molecule has 8 nitrogen and oxygen atoms in total. The molecule has 0 radical (unpaired) electrons. The van der Waals surface area contributed by atoms with Crippen LogP contribution in [0.25, 0.3) is 10.9 Å². The zero-order valence-corrected chi connectivity index (χ0v) is 21.2. The first kappa shape index (κ1) is 27.3. The van der Waals surface area contributed by atoms with Crippen LogP contribution in [0.4, 0.5) is 4.39 Å². The Labute approximate surface area is 214 Å². The summed E-state index contributed by atoms with van der Waals surface area (Å²) in [5, 5.41) is 0.391. The zero-order valence-electron chi connectivity index (χ0n) is 20.4. The fourth-order valence-electron chi connectivity index (χ4n) is 4.51. The molecule has 0 unspecified atom stereocenters. The molecule has 1 aromatic heterocycles. The number of ketones is 1. The van der Waals surface area contributed by atoms with E-state index in [0.717, 1.165) is 0 Å². The van der Waals surface area contributed by atoms with Gasteiger partial charge in [-0.25, -0.2) is 9.18 Å². The minimum absolute atomic E-state index is 0. The van der Waals surface area contributed by atoms with Crippen LogP contribution in [0.1, 0.15) is 23.2 Å². The van der Waals surface area contributed by atoms with E-state index in [-0.39, 0.29) is 54.5 Å². The van der Waals surface area contributed by atoms with Gasteiger partial charge in [-0.1, -0.05) is 12.1 Å². The maximum absolute atomic E-state index is 13.2. The van der Waals surface area contributed by atoms with Gasteiger partial charge in [-0.15, -0.1) is 12.4 Å². The minimum atomic E-state index is -0.509. The molecule has 0 N–H and O–H groups in total. The summed E-state index contributed by atoms with van der Waals surface area (Å²) in [6, 6.07) is 12.4. The van der Waals surface area contributed by atoms with Crippen molar-refractivity contribution in [1.29, 1.82) is 0 Å². The average Bonchev–Trinajstić information content (AvgIpc) is 2.86. The summed E-state index contributed by atoms with van der Waals surface area (Å²) >= 11 is 0. The van der Waals surface area contributed by atoms with Crippen molar-refractivity contribution in [3.05, 3.63) is 80.7 Å². The van der Waals surface area contributed by atoms with Gasteiger partial charge in [0, 0.05) is 38.7 Å². The lowest BCUT2D eigenvalue weighted by molar-refractivity contribution is -0.129. The largest absolute Gasteiger partial charge is 0.347 e. The molecule has 1 aliphatic heterocycles. The number of hydrogen-bond donors (Lipinski definition) is 0. The van der Waals surface area contributed by atoms with E-state index in [2.05, 4.69) is 4.90 Å². The highest BCUT2D eigenvalue weighted by atomic mass is 35.5. The number of piperidine rings is 1. The lowest BCUT2D eigenvalue weighted by Gasteiger charge is -2.31. The third-order valence-corrected chi connectivity index (χ3v) is 6.65. The third kappa shape index (κ3) is 5.74. The third-order valence-electron chi connectivity index (χ3n) is 6.65. The van der Waals surface area contributed by atoms with Gasteiger partial charge in [0.15, 0.2) is 5.78 Å². The van der Waals surface area contributed by atoms with Crippen molar-refractivity contribution in [3.63, 3.8) is 0 Å². The number of Topliss-reactive ketones (excluding diaryl/α,β-unsaturated/α-hetero) is 1. The molecule has 0 saturated carbocycles. The van der Waals surface area contributed by atoms with Gasteiger partial charge in [0.25, 0.3) is 5.56 Å². The Hall–Kier alpha value is -3.30. The van der Waals surface area contributed by atoms with Gasteiger partial charge in [0.1, 0.15) is 12.4 Å². The summed E-state index contributed by atoms with van der Waals surface area (Å²) in [5.41, 5.74) is 0.0697. The summed E-state index contributed by atoms with van der Waals surface area (Å²) in [6.07, 6.45) is 1.31. The molecule has 0 aliphatic carbocycles. The van der Waals surface area contributed by atoms with Crippen LogP contribution in [0.5, 0.6) is 0 Å². The molecule has 1 fully saturated rings. The van der Waals surface area contributed by atoms with Crippen LogP contribution in [0.15, 0.2) is 58.1 Å². The van der Waals surface area contributed by atoms with Gasteiger partial charge in [-0.2, -0.15) is 0 Å². The van der Waals surface area contributed by atoms with Gasteiger partial charge < -0.3 is 9.80 Å². The van der Waals surface area contributed by atoms with Crippen molar-refractivity contribution < 1.29 is 14.0 Å². The summed E-state index contributed by atoms with van der Waals surface area (Å²) in [7, 11) is 3.24. The highest BCUT2D eigenvalue weighted by Gasteiger charge is 2.26. The van der Waals surface area contributed by atoms with E-state index in [1.165, 1.54) is 38.3 Å². The molecule has 1 saturated heterocycles. The monoisotopic (exact) mass is 516 g/mol. The normalized spacial score (nSPS) is 14.4. The number of carbonyl (C=O) groups excluding carboxylic acids is 2. The fourth-order valence-corrected chi connectivity index (χ4v) is 4.51. The molecule has 4 rings (SSSR count). The Morgan fingerprint density at radius 3 is 2.22 bits per heavy atom. The number of carbonyl (C=O) groups is 2. The predicted octanol–water partition coefficient (Wildman–Crippen LogP) is 2.41. The van der Waals surface area contributed by atoms with Crippen molar-refractivity contribution in [2.45, 2.75) is 25.9 Å².